The molecule has 1 amide bonds. The van der Waals surface area contributed by atoms with E-state index in [9.17, 15) is 14.7 Å². The fourth-order valence-electron chi connectivity index (χ4n) is 3.85. The Balaban J connectivity index is 2.21. The van der Waals surface area contributed by atoms with E-state index in [1.807, 2.05) is 31.2 Å². The van der Waals surface area contributed by atoms with Crippen molar-refractivity contribution < 1.29 is 24.2 Å². The Labute approximate surface area is 189 Å². The molecule has 2 aromatic carbocycles. The second kappa shape index (κ2) is 9.07. The van der Waals surface area contributed by atoms with Crippen molar-refractivity contribution in [1.29, 1.82) is 0 Å². The van der Waals surface area contributed by atoms with E-state index in [2.05, 4.69) is 6.92 Å². The van der Waals surface area contributed by atoms with Gasteiger partial charge in [0.2, 0.25) is 0 Å². The number of anilines is 1. The van der Waals surface area contributed by atoms with Gasteiger partial charge in [0.1, 0.15) is 0 Å². The van der Waals surface area contributed by atoms with Crippen LogP contribution in [-0.2, 0) is 16.0 Å². The number of ketones is 1. The molecule has 1 aliphatic rings. The topological polar surface area (TPSA) is 76.1 Å². The third kappa shape index (κ3) is 4.22. The molecule has 0 aliphatic carbocycles. The standard InChI is InChI=1S/C26H31NO5/c1-7-16-9-12-18(13-10-16)27-22(17-11-14-19(31-6)20(15-17)32-8-2)21(23(28)25(27)30)24(29)26(3,4)5/h9-15,22,28H,7-8H2,1-6H3. The van der Waals surface area contributed by atoms with Crippen LogP contribution in [0.5, 0.6) is 11.5 Å². The minimum atomic E-state index is -0.785. The zero-order valence-electron chi connectivity index (χ0n) is 19.6. The van der Waals surface area contributed by atoms with Gasteiger partial charge >= 0.3 is 0 Å². The number of hydrogen-bond acceptors (Lipinski definition) is 5. The third-order valence-corrected chi connectivity index (χ3v) is 5.56. The van der Waals surface area contributed by atoms with Crippen LogP contribution >= 0.6 is 0 Å². The molecule has 1 aliphatic heterocycles. The number of amides is 1. The molecule has 0 radical (unpaired) electrons. The van der Waals surface area contributed by atoms with E-state index in [1.54, 1.807) is 46.1 Å². The molecule has 1 atom stereocenters. The first-order valence-electron chi connectivity index (χ1n) is 10.8. The van der Waals surface area contributed by atoms with Gasteiger partial charge in [-0.3, -0.25) is 14.5 Å². The Morgan fingerprint density at radius 3 is 2.25 bits per heavy atom. The number of carbonyl (C=O) groups is 2. The number of benzene rings is 2. The average Bonchev–Trinajstić information content (AvgIpc) is 3.03. The third-order valence-electron chi connectivity index (χ3n) is 5.56. The van der Waals surface area contributed by atoms with Gasteiger partial charge in [0.05, 0.1) is 25.3 Å². The summed E-state index contributed by atoms with van der Waals surface area (Å²) in [6, 6.07) is 12.1. The van der Waals surface area contributed by atoms with Gasteiger partial charge in [-0.15, -0.1) is 0 Å². The summed E-state index contributed by atoms with van der Waals surface area (Å²) in [6.45, 7) is 9.67. The predicted molar refractivity (Wildman–Crippen MR) is 124 cm³/mol. The van der Waals surface area contributed by atoms with Gasteiger partial charge in [-0.1, -0.05) is 45.9 Å². The van der Waals surface area contributed by atoms with Crippen LogP contribution in [0.25, 0.3) is 0 Å². The van der Waals surface area contributed by atoms with Gasteiger partial charge in [0, 0.05) is 11.1 Å². The fourth-order valence-corrected chi connectivity index (χ4v) is 3.85. The molecule has 170 valence electrons. The van der Waals surface area contributed by atoms with E-state index in [-0.39, 0.29) is 11.4 Å². The van der Waals surface area contributed by atoms with Crippen LogP contribution in [0, 0.1) is 5.41 Å². The van der Waals surface area contributed by atoms with E-state index in [1.165, 1.54) is 4.90 Å². The molecule has 2 aromatic rings. The molecule has 1 unspecified atom stereocenters. The molecule has 1 heterocycles. The number of rotatable bonds is 7. The maximum absolute atomic E-state index is 13.4. The number of aliphatic hydroxyl groups is 1. The summed E-state index contributed by atoms with van der Waals surface area (Å²) < 4.78 is 11.1. The zero-order chi connectivity index (χ0) is 23.6. The Morgan fingerprint density at radius 2 is 1.72 bits per heavy atom. The van der Waals surface area contributed by atoms with Crippen molar-refractivity contribution in [1.82, 2.24) is 0 Å². The molecule has 0 spiro atoms. The van der Waals surface area contributed by atoms with Crippen molar-refractivity contribution in [2.45, 2.75) is 47.1 Å². The molecule has 0 saturated heterocycles. The average molecular weight is 438 g/mol. The van der Waals surface area contributed by atoms with E-state index in [4.69, 9.17) is 9.47 Å². The monoisotopic (exact) mass is 437 g/mol. The van der Waals surface area contributed by atoms with Crippen LogP contribution < -0.4 is 14.4 Å². The molecular weight excluding hydrogens is 406 g/mol. The number of nitrogens with zero attached hydrogens (tertiary/aromatic N) is 1. The van der Waals surface area contributed by atoms with Crippen molar-refractivity contribution in [3.8, 4) is 11.5 Å². The maximum atomic E-state index is 13.4. The van der Waals surface area contributed by atoms with Crippen LogP contribution in [0.4, 0.5) is 5.69 Å². The predicted octanol–water partition coefficient (Wildman–Crippen LogP) is 5.17. The zero-order valence-corrected chi connectivity index (χ0v) is 19.6. The Bertz CT molecular complexity index is 1050. The van der Waals surface area contributed by atoms with Crippen molar-refractivity contribution in [3.63, 3.8) is 0 Å². The molecule has 0 aromatic heterocycles. The van der Waals surface area contributed by atoms with Crippen molar-refractivity contribution in [2.24, 2.45) is 5.41 Å². The summed E-state index contributed by atoms with van der Waals surface area (Å²) in [5.74, 6) is -0.329. The van der Waals surface area contributed by atoms with Gasteiger partial charge in [-0.05, 0) is 48.7 Å². The number of methoxy groups -OCH3 is 1. The lowest BCUT2D eigenvalue weighted by Crippen LogP contribution is -2.32. The van der Waals surface area contributed by atoms with E-state index in [0.717, 1.165) is 12.0 Å². The maximum Gasteiger partial charge on any atom is 0.294 e. The van der Waals surface area contributed by atoms with E-state index in [0.29, 0.717) is 29.4 Å². The minimum absolute atomic E-state index is 0.0923. The number of aryl methyl sites for hydroxylation is 1. The van der Waals surface area contributed by atoms with Crippen LogP contribution in [0.15, 0.2) is 53.8 Å². The highest BCUT2D eigenvalue weighted by atomic mass is 16.5. The second-order valence-corrected chi connectivity index (χ2v) is 8.78. The Hall–Kier alpha value is -3.28. The van der Waals surface area contributed by atoms with Gasteiger partial charge < -0.3 is 14.6 Å². The number of carbonyl (C=O) groups excluding carboxylic acids is 2. The summed E-state index contributed by atoms with van der Waals surface area (Å²) >= 11 is 0. The number of ether oxygens (including phenoxy) is 2. The lowest BCUT2D eigenvalue weighted by molar-refractivity contribution is -0.123. The van der Waals surface area contributed by atoms with E-state index >= 15 is 0 Å². The summed E-state index contributed by atoms with van der Waals surface area (Å²) in [7, 11) is 1.55. The van der Waals surface area contributed by atoms with Gasteiger partial charge in [0.15, 0.2) is 23.0 Å². The SMILES string of the molecule is CCOc1cc(C2C(C(=O)C(C)(C)C)=C(O)C(=O)N2c2ccc(CC)cc2)ccc1OC. The Kier molecular flexibility index (Phi) is 6.63. The molecule has 1 N–H and O–H groups in total. The fraction of sp³-hybridized carbons (Fsp3) is 0.385. The smallest absolute Gasteiger partial charge is 0.294 e. The molecule has 3 rings (SSSR count). The van der Waals surface area contributed by atoms with E-state index < -0.39 is 23.1 Å². The van der Waals surface area contributed by atoms with Gasteiger partial charge in [-0.2, -0.15) is 0 Å². The highest BCUT2D eigenvalue weighted by molar-refractivity contribution is 6.17. The number of Topliss-reactive ketones (excluding diaryl/α,β-unsaturated/α-hetero) is 1. The molecule has 6 heteroatoms. The molecule has 32 heavy (non-hydrogen) atoms. The largest absolute Gasteiger partial charge is 0.503 e. The van der Waals surface area contributed by atoms with Crippen molar-refractivity contribution >= 4 is 17.4 Å². The Morgan fingerprint density at radius 1 is 1.06 bits per heavy atom. The quantitative estimate of drug-likeness (QED) is 0.647. The first-order valence-corrected chi connectivity index (χ1v) is 10.8. The van der Waals surface area contributed by atoms with Crippen LogP contribution in [0.3, 0.4) is 0 Å². The van der Waals surface area contributed by atoms with Crippen LogP contribution in [0.1, 0.15) is 51.8 Å². The molecule has 0 fully saturated rings. The molecule has 0 bridgehead atoms. The summed E-state index contributed by atoms with van der Waals surface area (Å²) in [6.07, 6.45) is 0.866. The summed E-state index contributed by atoms with van der Waals surface area (Å²) in [5.41, 5.74) is 1.70. The van der Waals surface area contributed by atoms with Gasteiger partial charge in [-0.25, -0.2) is 0 Å². The normalized spacial score (nSPS) is 16.5. The first-order chi connectivity index (χ1) is 15.1. The second-order valence-electron chi connectivity index (χ2n) is 8.78. The van der Waals surface area contributed by atoms with Crippen LogP contribution in [-0.4, -0.2) is 30.5 Å². The minimum Gasteiger partial charge on any atom is -0.503 e. The lowest BCUT2D eigenvalue weighted by atomic mass is 9.82. The number of hydrogen-bond donors (Lipinski definition) is 1. The summed E-state index contributed by atoms with van der Waals surface area (Å²) in [4.78, 5) is 28.1. The number of aliphatic hydroxyl groups excluding tert-OH is 1. The van der Waals surface area contributed by atoms with Crippen molar-refractivity contribution in [3.05, 3.63) is 64.9 Å². The highest BCUT2D eigenvalue weighted by Crippen LogP contribution is 2.45. The highest BCUT2D eigenvalue weighted by Gasteiger charge is 2.46. The molecule has 0 saturated carbocycles. The van der Waals surface area contributed by atoms with Crippen molar-refractivity contribution in [2.75, 3.05) is 18.6 Å². The molecule has 6 nitrogen and oxygen atoms in total. The van der Waals surface area contributed by atoms with Gasteiger partial charge in [0.25, 0.3) is 5.91 Å². The lowest BCUT2D eigenvalue weighted by Gasteiger charge is -2.29. The summed E-state index contributed by atoms with van der Waals surface area (Å²) in [5, 5.41) is 10.8. The first kappa shape index (κ1) is 23.4. The van der Waals surface area contributed by atoms with Crippen LogP contribution in [0.2, 0.25) is 0 Å². The molecular formula is C26H31NO5.